The van der Waals surface area contributed by atoms with Crippen molar-refractivity contribution in [1.29, 1.82) is 0 Å². The summed E-state index contributed by atoms with van der Waals surface area (Å²) >= 11 is 3.25. The van der Waals surface area contributed by atoms with Crippen LogP contribution in [0.15, 0.2) is 52.1 Å². The van der Waals surface area contributed by atoms with Crippen LogP contribution in [0.1, 0.15) is 10.4 Å². The van der Waals surface area contributed by atoms with E-state index in [2.05, 4.69) is 26.2 Å². The number of hydrogen-bond acceptors (Lipinski definition) is 4. The van der Waals surface area contributed by atoms with Crippen LogP contribution in [0.25, 0.3) is 0 Å². The van der Waals surface area contributed by atoms with Crippen LogP contribution in [-0.4, -0.2) is 37.7 Å². The van der Waals surface area contributed by atoms with Gasteiger partial charge >= 0.3 is 0 Å². The van der Waals surface area contributed by atoms with Gasteiger partial charge in [-0.25, -0.2) is 12.7 Å². The lowest BCUT2D eigenvalue weighted by molar-refractivity contribution is 0.102. The van der Waals surface area contributed by atoms with Crippen molar-refractivity contribution in [1.82, 2.24) is 9.29 Å². The molecule has 0 aliphatic heterocycles. The number of rotatable bonds is 4. The van der Waals surface area contributed by atoms with E-state index in [1.165, 1.54) is 32.4 Å². The second-order valence-corrected chi connectivity index (χ2v) is 7.73. The van der Waals surface area contributed by atoms with E-state index in [4.69, 9.17) is 0 Å². The zero-order chi connectivity index (χ0) is 16.3. The van der Waals surface area contributed by atoms with Gasteiger partial charge < -0.3 is 5.32 Å². The van der Waals surface area contributed by atoms with Gasteiger partial charge in [-0.15, -0.1) is 0 Å². The van der Waals surface area contributed by atoms with Crippen molar-refractivity contribution in [3.8, 4) is 0 Å². The molecule has 0 radical (unpaired) electrons. The first-order valence-electron chi connectivity index (χ1n) is 6.25. The first-order chi connectivity index (χ1) is 10.3. The van der Waals surface area contributed by atoms with Gasteiger partial charge in [-0.1, -0.05) is 0 Å². The maximum absolute atomic E-state index is 12.1. The molecular weight excluding hydrogens is 370 g/mol. The standard InChI is InChI=1S/C14H14BrN3O3S/c1-18(2)22(20,21)13-5-3-12(4-6-13)17-14(19)10-7-11(15)9-16-8-10/h3-9H,1-2H3,(H,17,19). The molecule has 22 heavy (non-hydrogen) atoms. The lowest BCUT2D eigenvalue weighted by Gasteiger charge is -2.12. The minimum absolute atomic E-state index is 0.166. The highest BCUT2D eigenvalue weighted by Crippen LogP contribution is 2.17. The number of amides is 1. The number of carbonyl (C=O) groups excluding carboxylic acids is 1. The normalized spacial score (nSPS) is 11.5. The van der Waals surface area contributed by atoms with E-state index in [9.17, 15) is 13.2 Å². The van der Waals surface area contributed by atoms with Gasteiger partial charge in [0.15, 0.2) is 0 Å². The van der Waals surface area contributed by atoms with Crippen molar-refractivity contribution in [2.45, 2.75) is 4.90 Å². The van der Waals surface area contributed by atoms with Gasteiger partial charge in [0.2, 0.25) is 10.0 Å². The molecule has 0 unspecified atom stereocenters. The van der Waals surface area contributed by atoms with E-state index in [1.807, 2.05) is 0 Å². The number of pyridine rings is 1. The molecular formula is C14H14BrN3O3S. The Hall–Kier alpha value is -1.77. The number of halogens is 1. The minimum atomic E-state index is -3.48. The van der Waals surface area contributed by atoms with Crippen LogP contribution in [0, 0.1) is 0 Å². The molecule has 2 rings (SSSR count). The molecule has 1 N–H and O–H groups in total. The topological polar surface area (TPSA) is 79.4 Å². The molecule has 0 aliphatic carbocycles. The average Bonchev–Trinajstić information content (AvgIpc) is 2.47. The lowest BCUT2D eigenvalue weighted by Crippen LogP contribution is -2.22. The zero-order valence-corrected chi connectivity index (χ0v) is 14.3. The summed E-state index contributed by atoms with van der Waals surface area (Å²) in [4.78, 5) is 16.1. The van der Waals surface area contributed by atoms with Gasteiger partial charge in [-0.05, 0) is 46.3 Å². The monoisotopic (exact) mass is 383 g/mol. The third kappa shape index (κ3) is 3.70. The number of nitrogens with zero attached hydrogens (tertiary/aromatic N) is 2. The van der Waals surface area contributed by atoms with Crippen molar-refractivity contribution in [3.05, 3.63) is 52.8 Å². The number of carbonyl (C=O) groups is 1. The van der Waals surface area contributed by atoms with Crippen molar-refractivity contribution in [3.63, 3.8) is 0 Å². The highest BCUT2D eigenvalue weighted by Gasteiger charge is 2.16. The van der Waals surface area contributed by atoms with Crippen LogP contribution in [-0.2, 0) is 10.0 Å². The minimum Gasteiger partial charge on any atom is -0.322 e. The summed E-state index contributed by atoms with van der Waals surface area (Å²) in [7, 11) is -0.548. The molecule has 116 valence electrons. The SMILES string of the molecule is CN(C)S(=O)(=O)c1ccc(NC(=O)c2cncc(Br)c2)cc1. The summed E-state index contributed by atoms with van der Waals surface area (Å²) in [6.45, 7) is 0. The van der Waals surface area contributed by atoms with Crippen molar-refractivity contribution < 1.29 is 13.2 Å². The summed E-state index contributed by atoms with van der Waals surface area (Å²) in [6.07, 6.45) is 3.03. The fourth-order valence-corrected chi connectivity index (χ4v) is 2.93. The molecule has 0 atom stereocenters. The third-order valence-electron chi connectivity index (χ3n) is 2.86. The molecule has 8 heteroatoms. The van der Waals surface area contributed by atoms with Gasteiger partial charge in [0.05, 0.1) is 10.5 Å². The Morgan fingerprint density at radius 3 is 2.36 bits per heavy atom. The van der Waals surface area contributed by atoms with Gasteiger partial charge in [-0.2, -0.15) is 0 Å². The molecule has 1 heterocycles. The van der Waals surface area contributed by atoms with Crippen LogP contribution in [0.4, 0.5) is 5.69 Å². The smallest absolute Gasteiger partial charge is 0.257 e. The Kier molecular flexibility index (Phi) is 4.94. The molecule has 0 spiro atoms. The molecule has 6 nitrogen and oxygen atoms in total. The first kappa shape index (κ1) is 16.6. The second-order valence-electron chi connectivity index (χ2n) is 4.66. The highest BCUT2D eigenvalue weighted by molar-refractivity contribution is 9.10. The molecule has 1 amide bonds. The fraction of sp³-hybridized carbons (Fsp3) is 0.143. The predicted octanol–water partition coefficient (Wildman–Crippen LogP) is 2.35. The van der Waals surface area contributed by atoms with Crippen molar-refractivity contribution >= 4 is 37.5 Å². The Bertz CT molecular complexity index is 789. The number of sulfonamides is 1. The number of hydrogen-bond donors (Lipinski definition) is 1. The number of anilines is 1. The molecule has 0 fully saturated rings. The fourth-order valence-electron chi connectivity index (χ4n) is 1.66. The van der Waals surface area contributed by atoms with Crippen LogP contribution < -0.4 is 5.32 Å². The Labute approximate surface area is 137 Å². The van der Waals surface area contributed by atoms with E-state index < -0.39 is 10.0 Å². The maximum atomic E-state index is 12.1. The Morgan fingerprint density at radius 1 is 1.18 bits per heavy atom. The van der Waals surface area contributed by atoms with E-state index in [1.54, 1.807) is 24.4 Å². The van der Waals surface area contributed by atoms with Gasteiger partial charge in [0, 0.05) is 36.6 Å². The predicted molar refractivity (Wildman–Crippen MR) is 87.2 cm³/mol. The van der Waals surface area contributed by atoms with E-state index in [0.29, 0.717) is 15.7 Å². The van der Waals surface area contributed by atoms with Crippen LogP contribution in [0.3, 0.4) is 0 Å². The maximum Gasteiger partial charge on any atom is 0.257 e. The zero-order valence-electron chi connectivity index (χ0n) is 11.9. The van der Waals surface area contributed by atoms with Crippen LogP contribution in [0.5, 0.6) is 0 Å². The first-order valence-corrected chi connectivity index (χ1v) is 8.48. The second kappa shape index (κ2) is 6.55. The molecule has 0 aliphatic rings. The molecule has 1 aromatic heterocycles. The molecule has 0 saturated heterocycles. The van der Waals surface area contributed by atoms with Crippen molar-refractivity contribution in [2.24, 2.45) is 0 Å². The van der Waals surface area contributed by atoms with E-state index in [0.717, 1.165) is 4.31 Å². The van der Waals surface area contributed by atoms with E-state index >= 15 is 0 Å². The molecule has 1 aromatic carbocycles. The molecule has 0 bridgehead atoms. The number of benzene rings is 1. The largest absolute Gasteiger partial charge is 0.322 e. The van der Waals surface area contributed by atoms with Crippen molar-refractivity contribution in [2.75, 3.05) is 19.4 Å². The number of nitrogens with one attached hydrogen (secondary N) is 1. The summed E-state index contributed by atoms with van der Waals surface area (Å²) < 4.78 is 25.7. The Morgan fingerprint density at radius 2 is 1.82 bits per heavy atom. The molecule has 2 aromatic rings. The third-order valence-corrected chi connectivity index (χ3v) is 5.12. The lowest BCUT2D eigenvalue weighted by atomic mass is 10.2. The molecule has 0 saturated carbocycles. The van der Waals surface area contributed by atoms with E-state index in [-0.39, 0.29) is 10.8 Å². The summed E-state index contributed by atoms with van der Waals surface area (Å²) in [5.74, 6) is -0.322. The van der Waals surface area contributed by atoms with Crippen LogP contribution in [0.2, 0.25) is 0 Å². The van der Waals surface area contributed by atoms with Crippen LogP contribution >= 0.6 is 15.9 Å². The summed E-state index contributed by atoms with van der Waals surface area (Å²) in [5, 5.41) is 2.69. The summed E-state index contributed by atoms with van der Waals surface area (Å²) in [6, 6.07) is 7.63. The number of aromatic nitrogens is 1. The van der Waals surface area contributed by atoms with Gasteiger partial charge in [-0.3, -0.25) is 9.78 Å². The van der Waals surface area contributed by atoms with Gasteiger partial charge in [0.25, 0.3) is 5.91 Å². The average molecular weight is 384 g/mol. The van der Waals surface area contributed by atoms with Gasteiger partial charge in [0.1, 0.15) is 0 Å². The summed E-state index contributed by atoms with van der Waals surface area (Å²) in [5.41, 5.74) is 0.905. The highest BCUT2D eigenvalue weighted by atomic mass is 79.9. The quantitative estimate of drug-likeness (QED) is 0.878. The Balaban J connectivity index is 2.17.